The van der Waals surface area contributed by atoms with Crippen LogP contribution in [-0.4, -0.2) is 42.4 Å². The molecule has 1 heterocycles. The molecule has 0 bridgehead atoms. The molecule has 1 fully saturated rings. The van der Waals surface area contributed by atoms with Crippen LogP contribution in [0.5, 0.6) is 5.75 Å². The molecule has 0 saturated carbocycles. The Kier molecular flexibility index (Phi) is 5.74. The number of carbonyl (C=O) groups is 2. The molecule has 1 atom stereocenters. The van der Waals surface area contributed by atoms with E-state index in [0.717, 1.165) is 12.8 Å². The highest BCUT2D eigenvalue weighted by molar-refractivity contribution is 6.35. The lowest BCUT2D eigenvalue weighted by molar-refractivity contribution is -0.139. The molecule has 1 aliphatic rings. The highest BCUT2D eigenvalue weighted by Crippen LogP contribution is 2.19. The van der Waals surface area contributed by atoms with Gasteiger partial charge in [0.2, 0.25) is 0 Å². The van der Waals surface area contributed by atoms with Gasteiger partial charge in [0.15, 0.2) is 0 Å². The Hall–Kier alpha value is -2.12. The number of benzene rings is 1. The Morgan fingerprint density at radius 2 is 2.27 bits per heavy atom. The molecule has 22 heavy (non-hydrogen) atoms. The molecular formula is C14H16ClN3O4. The molecule has 2 rings (SSSR count). The molecule has 1 saturated heterocycles. The number of carbonyl (C=O) groups excluding carboxylic acids is 2. The third-order valence-electron chi connectivity index (χ3n) is 3.08. The summed E-state index contributed by atoms with van der Waals surface area (Å²) >= 11 is 5.78. The quantitative estimate of drug-likeness (QED) is 0.433. The number of phenolic OH excluding ortho intramolecular Hbond substituents is 1. The number of rotatable bonds is 4. The standard InChI is InChI=1S/C14H16ClN3O4/c15-10-3-4-12(19)9(6-10)7-17-18-14(21)13(20)16-8-11-2-1-5-22-11/h3-4,6-7,11,19H,1-2,5,8H2,(H,16,20)(H,18,21)/b17-7-/t11-/m1/s1. The van der Waals surface area contributed by atoms with Crippen LogP contribution in [0.2, 0.25) is 5.02 Å². The molecule has 8 heteroatoms. The number of hydrogen-bond acceptors (Lipinski definition) is 5. The monoisotopic (exact) mass is 325 g/mol. The molecule has 3 N–H and O–H groups in total. The molecule has 7 nitrogen and oxygen atoms in total. The maximum absolute atomic E-state index is 11.5. The van der Waals surface area contributed by atoms with Crippen molar-refractivity contribution in [3.05, 3.63) is 28.8 Å². The molecule has 0 aromatic heterocycles. The van der Waals surface area contributed by atoms with Gasteiger partial charge in [0.05, 0.1) is 12.3 Å². The van der Waals surface area contributed by atoms with Crippen LogP contribution >= 0.6 is 11.6 Å². The summed E-state index contributed by atoms with van der Waals surface area (Å²) in [4.78, 5) is 23.1. The second-order valence-corrected chi connectivity index (χ2v) is 5.18. The lowest BCUT2D eigenvalue weighted by Crippen LogP contribution is -2.41. The topological polar surface area (TPSA) is 100 Å². The predicted molar refractivity (Wildman–Crippen MR) is 80.8 cm³/mol. The SMILES string of the molecule is O=C(NC[C@H]1CCCO1)C(=O)N/N=C\c1cc(Cl)ccc1O. The largest absolute Gasteiger partial charge is 0.507 e. The van der Waals surface area contributed by atoms with Crippen LogP contribution in [0.1, 0.15) is 18.4 Å². The highest BCUT2D eigenvalue weighted by atomic mass is 35.5. The summed E-state index contributed by atoms with van der Waals surface area (Å²) < 4.78 is 5.33. The minimum absolute atomic E-state index is 0.0368. The predicted octanol–water partition coefficient (Wildman–Crippen LogP) is 0.791. The lowest BCUT2D eigenvalue weighted by atomic mass is 10.2. The highest BCUT2D eigenvalue weighted by Gasteiger charge is 2.18. The Balaban J connectivity index is 1.79. The first-order chi connectivity index (χ1) is 10.6. The molecule has 0 spiro atoms. The van der Waals surface area contributed by atoms with Gasteiger partial charge in [0.25, 0.3) is 0 Å². The lowest BCUT2D eigenvalue weighted by Gasteiger charge is -2.09. The number of hydrazone groups is 1. The van der Waals surface area contributed by atoms with Crippen molar-refractivity contribution in [2.24, 2.45) is 5.10 Å². The minimum Gasteiger partial charge on any atom is -0.507 e. The summed E-state index contributed by atoms with van der Waals surface area (Å²) in [7, 11) is 0. The molecule has 0 aliphatic carbocycles. The fourth-order valence-electron chi connectivity index (χ4n) is 1.93. The second kappa shape index (κ2) is 7.77. The van der Waals surface area contributed by atoms with E-state index in [1.165, 1.54) is 24.4 Å². The molecule has 118 valence electrons. The summed E-state index contributed by atoms with van der Waals surface area (Å²) in [5.74, 6) is -1.72. The van der Waals surface area contributed by atoms with E-state index in [-0.39, 0.29) is 11.9 Å². The maximum atomic E-state index is 11.5. The third kappa shape index (κ3) is 4.71. The van der Waals surface area contributed by atoms with Crippen molar-refractivity contribution >= 4 is 29.6 Å². The number of halogens is 1. The van der Waals surface area contributed by atoms with Crippen molar-refractivity contribution in [3.8, 4) is 5.75 Å². The van der Waals surface area contributed by atoms with Crippen LogP contribution in [-0.2, 0) is 14.3 Å². The van der Waals surface area contributed by atoms with E-state index >= 15 is 0 Å². The zero-order valence-corrected chi connectivity index (χ0v) is 12.5. The van der Waals surface area contributed by atoms with E-state index in [4.69, 9.17) is 16.3 Å². The zero-order valence-electron chi connectivity index (χ0n) is 11.7. The van der Waals surface area contributed by atoms with Crippen molar-refractivity contribution in [1.29, 1.82) is 0 Å². The molecule has 2 amide bonds. The molecule has 1 aromatic rings. The van der Waals surface area contributed by atoms with Crippen LogP contribution in [0.4, 0.5) is 0 Å². The van der Waals surface area contributed by atoms with Crippen molar-refractivity contribution in [2.45, 2.75) is 18.9 Å². The van der Waals surface area contributed by atoms with Gasteiger partial charge in [-0.3, -0.25) is 9.59 Å². The normalized spacial score (nSPS) is 17.6. The van der Waals surface area contributed by atoms with Gasteiger partial charge in [-0.15, -0.1) is 0 Å². The summed E-state index contributed by atoms with van der Waals surface area (Å²) in [5.41, 5.74) is 2.40. The van der Waals surface area contributed by atoms with Gasteiger partial charge in [0, 0.05) is 23.7 Å². The van der Waals surface area contributed by atoms with E-state index in [1.54, 1.807) is 0 Å². The van der Waals surface area contributed by atoms with Crippen molar-refractivity contribution in [1.82, 2.24) is 10.7 Å². The van der Waals surface area contributed by atoms with Crippen molar-refractivity contribution < 1.29 is 19.4 Å². The average molecular weight is 326 g/mol. The second-order valence-electron chi connectivity index (χ2n) is 4.75. The van der Waals surface area contributed by atoms with E-state index in [0.29, 0.717) is 23.7 Å². The van der Waals surface area contributed by atoms with Crippen molar-refractivity contribution in [2.75, 3.05) is 13.2 Å². The third-order valence-corrected chi connectivity index (χ3v) is 3.31. The summed E-state index contributed by atoms with van der Waals surface area (Å²) in [5, 5.41) is 16.1. The van der Waals surface area contributed by atoms with Crippen LogP contribution in [0, 0.1) is 0 Å². The summed E-state index contributed by atoms with van der Waals surface area (Å²) in [6.45, 7) is 0.977. The van der Waals surface area contributed by atoms with Gasteiger partial charge in [0.1, 0.15) is 5.75 Å². The first-order valence-corrected chi connectivity index (χ1v) is 7.15. The van der Waals surface area contributed by atoms with E-state index in [2.05, 4.69) is 15.8 Å². The van der Waals surface area contributed by atoms with Crippen LogP contribution in [0.25, 0.3) is 0 Å². The molecule has 1 aromatic carbocycles. The smallest absolute Gasteiger partial charge is 0.329 e. The summed E-state index contributed by atoms with van der Waals surface area (Å²) in [6.07, 6.45) is 2.99. The Bertz CT molecular complexity index is 585. The number of nitrogens with one attached hydrogen (secondary N) is 2. The first-order valence-electron chi connectivity index (χ1n) is 6.77. The summed E-state index contributed by atoms with van der Waals surface area (Å²) in [6, 6.07) is 4.40. The Morgan fingerprint density at radius 1 is 1.45 bits per heavy atom. The minimum atomic E-state index is -0.893. The van der Waals surface area contributed by atoms with E-state index in [1.807, 2.05) is 0 Å². The number of phenols is 1. The van der Waals surface area contributed by atoms with E-state index in [9.17, 15) is 14.7 Å². The number of amides is 2. The Morgan fingerprint density at radius 3 is 3.00 bits per heavy atom. The fourth-order valence-corrected chi connectivity index (χ4v) is 2.11. The first kappa shape index (κ1) is 16.3. The molecule has 0 radical (unpaired) electrons. The number of hydrogen-bond donors (Lipinski definition) is 3. The molecular weight excluding hydrogens is 310 g/mol. The van der Waals surface area contributed by atoms with Crippen molar-refractivity contribution in [3.63, 3.8) is 0 Å². The van der Waals surface area contributed by atoms with Gasteiger partial charge in [-0.2, -0.15) is 5.10 Å². The Labute approximate surface area is 132 Å². The van der Waals surface area contributed by atoms with Crippen LogP contribution < -0.4 is 10.7 Å². The number of aromatic hydroxyl groups is 1. The molecule has 1 aliphatic heterocycles. The van der Waals surface area contributed by atoms with Crippen LogP contribution in [0.3, 0.4) is 0 Å². The average Bonchev–Trinajstić information content (AvgIpc) is 3.01. The van der Waals surface area contributed by atoms with Crippen LogP contribution in [0.15, 0.2) is 23.3 Å². The maximum Gasteiger partial charge on any atom is 0.329 e. The zero-order chi connectivity index (χ0) is 15.9. The number of ether oxygens (including phenoxy) is 1. The van der Waals surface area contributed by atoms with Gasteiger partial charge in [-0.1, -0.05) is 11.6 Å². The van der Waals surface area contributed by atoms with Gasteiger partial charge in [-0.25, -0.2) is 5.43 Å². The van der Waals surface area contributed by atoms with E-state index < -0.39 is 11.8 Å². The van der Waals surface area contributed by atoms with Gasteiger partial charge in [-0.05, 0) is 31.0 Å². The number of nitrogens with zero attached hydrogens (tertiary/aromatic N) is 1. The van der Waals surface area contributed by atoms with Gasteiger partial charge >= 0.3 is 11.8 Å². The fraction of sp³-hybridized carbons (Fsp3) is 0.357. The molecule has 0 unspecified atom stereocenters. The van der Waals surface area contributed by atoms with Gasteiger partial charge < -0.3 is 15.2 Å².